The van der Waals surface area contributed by atoms with Gasteiger partial charge < -0.3 is 4.74 Å². The fraction of sp³-hybridized carbons (Fsp3) is 0.176. The Kier molecular flexibility index (Phi) is 5.83. The molecule has 1 N–H and O–H groups in total. The van der Waals surface area contributed by atoms with Crippen molar-refractivity contribution < 1.29 is 31.5 Å². The van der Waals surface area contributed by atoms with E-state index >= 15 is 0 Å². The molecule has 2 rings (SSSR count). The summed E-state index contributed by atoms with van der Waals surface area (Å²) in [6.07, 6.45) is 0. The van der Waals surface area contributed by atoms with Crippen molar-refractivity contribution in [2.45, 2.75) is 17.9 Å². The molecule has 0 saturated carbocycles. The topological polar surface area (TPSA) is 89.5 Å². The van der Waals surface area contributed by atoms with E-state index < -0.39 is 39.2 Å². The van der Waals surface area contributed by atoms with Gasteiger partial charge in [-0.3, -0.25) is 4.79 Å². The molecule has 0 radical (unpaired) electrons. The highest BCUT2D eigenvalue weighted by atomic mass is 32.2. The number of methoxy groups -OCH3 is 1. The number of benzene rings is 2. The molecule has 0 aliphatic carbocycles. The van der Waals surface area contributed by atoms with Crippen molar-refractivity contribution in [3.8, 4) is 0 Å². The Labute approximate surface area is 148 Å². The highest BCUT2D eigenvalue weighted by Crippen LogP contribution is 2.23. The zero-order valence-electron chi connectivity index (χ0n) is 13.8. The second kappa shape index (κ2) is 7.71. The number of halogens is 2. The van der Waals surface area contributed by atoms with E-state index in [1.807, 2.05) is 4.72 Å². The van der Waals surface area contributed by atoms with E-state index in [9.17, 15) is 26.8 Å². The van der Waals surface area contributed by atoms with Crippen LogP contribution in [0.5, 0.6) is 0 Å². The molecular formula is C17H15F2NO5S. The van der Waals surface area contributed by atoms with Crippen LogP contribution in [-0.2, 0) is 19.6 Å². The van der Waals surface area contributed by atoms with Crippen LogP contribution in [0.3, 0.4) is 0 Å². The van der Waals surface area contributed by atoms with Crippen LogP contribution in [0.15, 0.2) is 47.4 Å². The van der Waals surface area contributed by atoms with Gasteiger partial charge in [0, 0.05) is 11.1 Å². The smallest absolute Gasteiger partial charge is 0.328 e. The summed E-state index contributed by atoms with van der Waals surface area (Å²) in [4.78, 5) is 23.1. The summed E-state index contributed by atoms with van der Waals surface area (Å²) in [6.45, 7) is 1.26. The lowest BCUT2D eigenvalue weighted by atomic mass is 10.1. The van der Waals surface area contributed by atoms with E-state index in [1.54, 1.807) is 0 Å². The molecule has 0 aliphatic heterocycles. The summed E-state index contributed by atoms with van der Waals surface area (Å²) in [7, 11) is -3.36. The maximum Gasteiger partial charge on any atom is 0.328 e. The van der Waals surface area contributed by atoms with Gasteiger partial charge in [0.1, 0.15) is 17.7 Å². The van der Waals surface area contributed by atoms with Crippen LogP contribution >= 0.6 is 0 Å². The Balaban J connectivity index is 2.48. The van der Waals surface area contributed by atoms with E-state index in [4.69, 9.17) is 0 Å². The van der Waals surface area contributed by atoms with Crippen molar-refractivity contribution in [1.29, 1.82) is 0 Å². The average Bonchev–Trinajstić information content (AvgIpc) is 2.61. The van der Waals surface area contributed by atoms with Crippen molar-refractivity contribution in [3.05, 3.63) is 65.2 Å². The number of hydrogen-bond acceptors (Lipinski definition) is 5. The number of esters is 1. The molecular weight excluding hydrogens is 368 g/mol. The first-order chi connectivity index (χ1) is 12.2. The van der Waals surface area contributed by atoms with Gasteiger partial charge in [0.15, 0.2) is 5.78 Å². The number of ketones is 1. The Morgan fingerprint density at radius 1 is 1.12 bits per heavy atom. The molecule has 0 fully saturated rings. The Morgan fingerprint density at radius 2 is 1.81 bits per heavy atom. The van der Waals surface area contributed by atoms with E-state index in [0.29, 0.717) is 6.07 Å². The number of Topliss-reactive ketones (excluding diaryl/α,β-unsaturated/α-hetero) is 1. The van der Waals surface area contributed by atoms with Gasteiger partial charge in [0.2, 0.25) is 10.0 Å². The Bertz CT molecular complexity index is 959. The number of hydrogen-bond donors (Lipinski definition) is 1. The van der Waals surface area contributed by atoms with Gasteiger partial charge in [-0.25, -0.2) is 22.0 Å². The zero-order valence-corrected chi connectivity index (χ0v) is 14.6. The summed E-state index contributed by atoms with van der Waals surface area (Å²) in [5.74, 6) is -3.32. The highest BCUT2D eigenvalue weighted by Gasteiger charge is 2.30. The first-order valence-electron chi connectivity index (χ1n) is 7.32. The molecule has 0 aliphatic rings. The van der Waals surface area contributed by atoms with Gasteiger partial charge in [-0.15, -0.1) is 0 Å². The minimum atomic E-state index is -4.34. The molecule has 2 aromatic carbocycles. The van der Waals surface area contributed by atoms with E-state index in [2.05, 4.69) is 4.74 Å². The fourth-order valence-electron chi connectivity index (χ4n) is 2.20. The number of sulfonamides is 1. The van der Waals surface area contributed by atoms with Crippen LogP contribution in [0.25, 0.3) is 0 Å². The number of rotatable bonds is 6. The number of ether oxygens (including phenoxy) is 1. The molecule has 0 amide bonds. The predicted octanol–water partition coefficient (Wildman–Crippen LogP) is 2.36. The van der Waals surface area contributed by atoms with Crippen LogP contribution < -0.4 is 4.72 Å². The third-order valence-electron chi connectivity index (χ3n) is 3.53. The van der Waals surface area contributed by atoms with E-state index in [0.717, 1.165) is 25.3 Å². The molecule has 0 heterocycles. The maximum absolute atomic E-state index is 14.0. The molecule has 2 aromatic rings. The summed E-state index contributed by atoms with van der Waals surface area (Å²) in [5, 5.41) is 0. The summed E-state index contributed by atoms with van der Waals surface area (Å²) < 4.78 is 59.1. The largest absolute Gasteiger partial charge is 0.468 e. The standard InChI is InChI=1S/C17H15F2NO5S/c1-10(21)11-4-3-5-13(8-11)26(23,24)20-16(17(22)25-2)14-9-12(18)6-7-15(14)19/h3-9,16,20H,1-2H3. The lowest BCUT2D eigenvalue weighted by molar-refractivity contribution is -0.142. The second-order valence-electron chi connectivity index (χ2n) is 5.33. The first kappa shape index (κ1) is 19.7. The summed E-state index contributed by atoms with van der Waals surface area (Å²) in [6, 6.07) is 5.58. The van der Waals surface area contributed by atoms with Crippen molar-refractivity contribution in [2.75, 3.05) is 7.11 Å². The van der Waals surface area contributed by atoms with Crippen molar-refractivity contribution >= 4 is 21.8 Å². The van der Waals surface area contributed by atoms with Crippen molar-refractivity contribution in [1.82, 2.24) is 4.72 Å². The SMILES string of the molecule is COC(=O)C(NS(=O)(=O)c1cccc(C(C)=O)c1)c1cc(F)ccc1F. The predicted molar refractivity (Wildman–Crippen MR) is 87.9 cm³/mol. The maximum atomic E-state index is 14.0. The molecule has 1 unspecified atom stereocenters. The summed E-state index contributed by atoms with van der Waals surface area (Å²) >= 11 is 0. The van der Waals surface area contributed by atoms with Crippen LogP contribution in [0.4, 0.5) is 8.78 Å². The van der Waals surface area contributed by atoms with Gasteiger partial charge in [0.05, 0.1) is 12.0 Å². The molecule has 138 valence electrons. The molecule has 0 aromatic heterocycles. The minimum Gasteiger partial charge on any atom is -0.468 e. The number of carbonyl (C=O) groups excluding carboxylic acids is 2. The Morgan fingerprint density at radius 3 is 2.42 bits per heavy atom. The normalized spacial score (nSPS) is 12.5. The van der Waals surface area contributed by atoms with Crippen molar-refractivity contribution in [2.24, 2.45) is 0 Å². The molecule has 9 heteroatoms. The van der Waals surface area contributed by atoms with Gasteiger partial charge in [-0.2, -0.15) is 4.72 Å². The minimum absolute atomic E-state index is 0.138. The van der Waals surface area contributed by atoms with Crippen LogP contribution in [-0.4, -0.2) is 27.3 Å². The van der Waals surface area contributed by atoms with Gasteiger partial charge in [-0.05, 0) is 37.3 Å². The molecule has 0 bridgehead atoms. The van der Waals surface area contributed by atoms with Gasteiger partial charge in [-0.1, -0.05) is 12.1 Å². The van der Waals surface area contributed by atoms with Gasteiger partial charge in [0.25, 0.3) is 0 Å². The molecule has 26 heavy (non-hydrogen) atoms. The van der Waals surface area contributed by atoms with Gasteiger partial charge >= 0.3 is 5.97 Å². The first-order valence-corrected chi connectivity index (χ1v) is 8.80. The third kappa shape index (κ3) is 4.30. The van der Waals surface area contributed by atoms with Crippen LogP contribution in [0, 0.1) is 11.6 Å². The summed E-state index contributed by atoms with van der Waals surface area (Å²) in [5.41, 5.74) is -0.387. The highest BCUT2D eigenvalue weighted by molar-refractivity contribution is 7.89. The third-order valence-corrected chi connectivity index (χ3v) is 4.95. The number of carbonyl (C=O) groups is 2. The Hall–Kier alpha value is -2.65. The monoisotopic (exact) mass is 383 g/mol. The van der Waals surface area contributed by atoms with E-state index in [1.165, 1.54) is 25.1 Å². The second-order valence-corrected chi connectivity index (χ2v) is 7.04. The lowest BCUT2D eigenvalue weighted by Gasteiger charge is -2.18. The van der Waals surface area contributed by atoms with Crippen LogP contribution in [0.1, 0.15) is 28.9 Å². The van der Waals surface area contributed by atoms with Crippen LogP contribution in [0.2, 0.25) is 0 Å². The zero-order chi connectivity index (χ0) is 19.5. The molecule has 6 nitrogen and oxygen atoms in total. The molecule has 0 spiro atoms. The number of nitrogens with one attached hydrogen (secondary N) is 1. The lowest BCUT2D eigenvalue weighted by Crippen LogP contribution is -2.35. The van der Waals surface area contributed by atoms with Crippen molar-refractivity contribution in [3.63, 3.8) is 0 Å². The average molecular weight is 383 g/mol. The molecule has 0 saturated heterocycles. The van der Waals surface area contributed by atoms with E-state index in [-0.39, 0.29) is 16.2 Å². The molecule has 1 atom stereocenters. The quantitative estimate of drug-likeness (QED) is 0.611. The fourth-order valence-corrected chi connectivity index (χ4v) is 3.41.